The smallest absolute Gasteiger partial charge is 0.272 e. The average Bonchev–Trinajstić information content (AvgIpc) is 2.54. The number of carbonyl (C=O) groups excluding carboxylic acids is 1. The van der Waals surface area contributed by atoms with Gasteiger partial charge in [-0.15, -0.1) is 0 Å². The monoisotopic (exact) mass is 396 g/mol. The molecule has 0 atom stereocenters. The Morgan fingerprint density at radius 2 is 2.00 bits per heavy atom. The molecule has 1 N–H and O–H groups in total. The first-order valence-corrected chi connectivity index (χ1v) is 7.73. The second-order valence-corrected chi connectivity index (χ2v) is 5.68. The number of ether oxygens (including phenoxy) is 2. The summed E-state index contributed by atoms with van der Waals surface area (Å²) in [6.07, 6.45) is 1.47. The van der Waals surface area contributed by atoms with E-state index in [-0.39, 0.29) is 5.91 Å². The summed E-state index contributed by atoms with van der Waals surface area (Å²) in [7, 11) is 3.03. The van der Waals surface area contributed by atoms with Gasteiger partial charge in [-0.3, -0.25) is 4.79 Å². The highest BCUT2D eigenvalue weighted by Gasteiger charge is 2.10. The SMILES string of the molecule is COc1cc(/C=N\NC(=O)c2ccccc2Br)cc(Cl)c1OC. The molecule has 0 bridgehead atoms. The van der Waals surface area contributed by atoms with Gasteiger partial charge in [-0.25, -0.2) is 5.43 Å². The van der Waals surface area contributed by atoms with Crippen LogP contribution in [0.5, 0.6) is 11.5 Å². The molecule has 1 amide bonds. The van der Waals surface area contributed by atoms with Crippen molar-refractivity contribution in [3.63, 3.8) is 0 Å². The third-order valence-electron chi connectivity index (χ3n) is 2.95. The maximum absolute atomic E-state index is 12.0. The van der Waals surface area contributed by atoms with Crippen LogP contribution in [0.15, 0.2) is 46.0 Å². The number of carbonyl (C=O) groups is 1. The van der Waals surface area contributed by atoms with Crippen LogP contribution in [-0.4, -0.2) is 26.3 Å². The van der Waals surface area contributed by atoms with Gasteiger partial charge in [-0.1, -0.05) is 23.7 Å². The summed E-state index contributed by atoms with van der Waals surface area (Å²) in [4.78, 5) is 12.0. The molecular weight excluding hydrogens is 384 g/mol. The van der Waals surface area contributed by atoms with E-state index < -0.39 is 0 Å². The van der Waals surface area contributed by atoms with Crippen LogP contribution in [0.3, 0.4) is 0 Å². The molecule has 2 aromatic carbocycles. The van der Waals surface area contributed by atoms with Crippen LogP contribution >= 0.6 is 27.5 Å². The van der Waals surface area contributed by atoms with Gasteiger partial charge in [-0.2, -0.15) is 5.10 Å². The highest BCUT2D eigenvalue weighted by atomic mass is 79.9. The highest BCUT2D eigenvalue weighted by Crippen LogP contribution is 2.35. The van der Waals surface area contributed by atoms with Gasteiger partial charge >= 0.3 is 0 Å². The molecule has 23 heavy (non-hydrogen) atoms. The first-order valence-electron chi connectivity index (χ1n) is 6.56. The molecule has 0 saturated heterocycles. The number of halogens is 2. The van der Waals surface area contributed by atoms with E-state index in [1.165, 1.54) is 20.4 Å². The zero-order valence-electron chi connectivity index (χ0n) is 12.5. The van der Waals surface area contributed by atoms with Crippen molar-refractivity contribution in [1.29, 1.82) is 0 Å². The topological polar surface area (TPSA) is 59.9 Å². The van der Waals surface area contributed by atoms with Crippen LogP contribution in [0.25, 0.3) is 0 Å². The van der Waals surface area contributed by atoms with Crippen molar-refractivity contribution in [3.05, 3.63) is 57.0 Å². The first kappa shape index (κ1) is 17.3. The quantitative estimate of drug-likeness (QED) is 0.615. The summed E-state index contributed by atoms with van der Waals surface area (Å²) in [6.45, 7) is 0. The van der Waals surface area contributed by atoms with Gasteiger partial charge in [-0.05, 0) is 45.8 Å². The Labute approximate surface area is 147 Å². The summed E-state index contributed by atoms with van der Waals surface area (Å²) in [5.74, 6) is 0.613. The van der Waals surface area contributed by atoms with Crippen molar-refractivity contribution < 1.29 is 14.3 Å². The van der Waals surface area contributed by atoms with E-state index in [1.54, 1.807) is 30.3 Å². The largest absolute Gasteiger partial charge is 0.493 e. The minimum Gasteiger partial charge on any atom is -0.493 e. The molecule has 0 spiro atoms. The molecule has 0 aromatic heterocycles. The van der Waals surface area contributed by atoms with Crippen LogP contribution < -0.4 is 14.9 Å². The van der Waals surface area contributed by atoms with E-state index in [0.717, 1.165) is 0 Å². The molecule has 2 rings (SSSR count). The van der Waals surface area contributed by atoms with Crippen LogP contribution in [-0.2, 0) is 0 Å². The van der Waals surface area contributed by atoms with Gasteiger partial charge in [0, 0.05) is 4.47 Å². The van der Waals surface area contributed by atoms with Gasteiger partial charge in [0.15, 0.2) is 11.5 Å². The summed E-state index contributed by atoms with van der Waals surface area (Å²) < 4.78 is 11.1. The Hall–Kier alpha value is -2.05. The molecule has 0 aliphatic heterocycles. The predicted molar refractivity (Wildman–Crippen MR) is 93.8 cm³/mol. The predicted octanol–water partition coefficient (Wildman–Crippen LogP) is 3.88. The Balaban J connectivity index is 2.13. The Kier molecular flexibility index (Phi) is 6.01. The maximum atomic E-state index is 12.0. The molecule has 0 saturated carbocycles. The Morgan fingerprint density at radius 3 is 2.65 bits per heavy atom. The van der Waals surface area contributed by atoms with Crippen molar-refractivity contribution in [1.82, 2.24) is 5.43 Å². The van der Waals surface area contributed by atoms with Crippen molar-refractivity contribution in [2.24, 2.45) is 5.10 Å². The molecule has 120 valence electrons. The van der Waals surface area contributed by atoms with Crippen molar-refractivity contribution in [3.8, 4) is 11.5 Å². The summed E-state index contributed by atoms with van der Waals surface area (Å²) >= 11 is 9.43. The highest BCUT2D eigenvalue weighted by molar-refractivity contribution is 9.10. The van der Waals surface area contributed by atoms with Gasteiger partial charge in [0.2, 0.25) is 0 Å². The third kappa shape index (κ3) is 4.24. The van der Waals surface area contributed by atoms with Crippen molar-refractivity contribution in [2.75, 3.05) is 14.2 Å². The molecule has 0 aliphatic rings. The molecule has 0 fully saturated rings. The molecule has 0 heterocycles. The molecule has 0 radical (unpaired) electrons. The zero-order chi connectivity index (χ0) is 16.8. The number of nitrogens with one attached hydrogen (secondary N) is 1. The number of amides is 1. The summed E-state index contributed by atoms with van der Waals surface area (Å²) in [5.41, 5.74) is 3.62. The van der Waals surface area contributed by atoms with Crippen LogP contribution in [0.2, 0.25) is 5.02 Å². The second-order valence-electron chi connectivity index (χ2n) is 4.42. The maximum Gasteiger partial charge on any atom is 0.272 e. The lowest BCUT2D eigenvalue weighted by Gasteiger charge is -2.09. The van der Waals surface area contributed by atoms with Gasteiger partial charge in [0.25, 0.3) is 5.91 Å². The number of methoxy groups -OCH3 is 2. The van der Waals surface area contributed by atoms with E-state index in [4.69, 9.17) is 21.1 Å². The number of nitrogens with zero attached hydrogens (tertiary/aromatic N) is 1. The minimum absolute atomic E-state index is 0.319. The van der Waals surface area contributed by atoms with Crippen molar-refractivity contribution >= 4 is 39.7 Å². The standard InChI is InChI=1S/C16H14BrClN2O3/c1-22-14-8-10(7-13(18)15(14)23-2)9-19-20-16(21)11-5-3-4-6-12(11)17/h3-9H,1-2H3,(H,20,21)/b19-9-. The fraction of sp³-hybridized carbons (Fsp3) is 0.125. The Bertz CT molecular complexity index is 750. The minimum atomic E-state index is -0.319. The number of hydrazone groups is 1. The fourth-order valence-corrected chi connectivity index (χ4v) is 2.64. The summed E-state index contributed by atoms with van der Waals surface area (Å²) in [6, 6.07) is 10.5. The first-order chi connectivity index (χ1) is 11.1. The average molecular weight is 398 g/mol. The molecule has 7 heteroatoms. The lowest BCUT2D eigenvalue weighted by atomic mass is 10.2. The van der Waals surface area contributed by atoms with E-state index in [1.807, 2.05) is 6.07 Å². The second kappa shape index (κ2) is 7.99. The van der Waals surface area contributed by atoms with Crippen LogP contribution in [0, 0.1) is 0 Å². The molecule has 5 nitrogen and oxygen atoms in total. The van der Waals surface area contributed by atoms with Crippen molar-refractivity contribution in [2.45, 2.75) is 0 Å². The molecule has 0 unspecified atom stereocenters. The number of hydrogen-bond donors (Lipinski definition) is 1. The lowest BCUT2D eigenvalue weighted by Crippen LogP contribution is -2.18. The Morgan fingerprint density at radius 1 is 1.26 bits per heavy atom. The van der Waals surface area contributed by atoms with E-state index >= 15 is 0 Å². The number of benzene rings is 2. The van der Waals surface area contributed by atoms with Crippen LogP contribution in [0.4, 0.5) is 0 Å². The zero-order valence-corrected chi connectivity index (χ0v) is 14.8. The molecular formula is C16H14BrClN2O3. The van der Waals surface area contributed by atoms with Gasteiger partial charge in [0.1, 0.15) is 0 Å². The molecule has 2 aromatic rings. The lowest BCUT2D eigenvalue weighted by molar-refractivity contribution is 0.0954. The normalized spacial score (nSPS) is 10.6. The number of rotatable bonds is 5. The summed E-state index contributed by atoms with van der Waals surface area (Å²) in [5, 5.41) is 4.32. The van der Waals surface area contributed by atoms with Gasteiger partial charge < -0.3 is 9.47 Å². The van der Waals surface area contributed by atoms with Crippen LogP contribution in [0.1, 0.15) is 15.9 Å². The van der Waals surface area contributed by atoms with E-state index in [2.05, 4.69) is 26.5 Å². The third-order valence-corrected chi connectivity index (χ3v) is 3.93. The molecule has 0 aliphatic carbocycles. The fourth-order valence-electron chi connectivity index (χ4n) is 1.88. The van der Waals surface area contributed by atoms with E-state index in [0.29, 0.717) is 32.1 Å². The number of hydrogen-bond acceptors (Lipinski definition) is 4. The van der Waals surface area contributed by atoms with Gasteiger partial charge in [0.05, 0.1) is 31.0 Å². The van der Waals surface area contributed by atoms with E-state index in [9.17, 15) is 4.79 Å².